The summed E-state index contributed by atoms with van der Waals surface area (Å²) < 4.78 is 29.7. The van der Waals surface area contributed by atoms with Crippen molar-refractivity contribution in [1.82, 2.24) is 5.32 Å². The summed E-state index contributed by atoms with van der Waals surface area (Å²) >= 11 is 0. The van der Waals surface area contributed by atoms with Crippen molar-refractivity contribution in [2.75, 3.05) is 11.4 Å². The topological polar surface area (TPSA) is 78.8 Å². The summed E-state index contributed by atoms with van der Waals surface area (Å²) in [5.41, 5.74) is 3.42. The number of carbonyl (C=O) groups is 1. The Balaban J connectivity index is 1.45. The van der Waals surface area contributed by atoms with Crippen LogP contribution in [-0.4, -0.2) is 26.7 Å². The number of aryl methyl sites for hydroxylation is 1. The Hall–Kier alpha value is -2.67. The molecule has 1 aliphatic carbocycles. The third-order valence-electron chi connectivity index (χ3n) is 6.28. The SMILES string of the molecule is O=C(N[C@H]1CCCc2ccccc21)c1ccc2c(c1)S(=O)(=O)N=C1CCCCCN12. The maximum Gasteiger partial charge on any atom is 0.286 e. The highest BCUT2D eigenvalue weighted by molar-refractivity contribution is 7.90. The van der Waals surface area contributed by atoms with Crippen LogP contribution in [0.5, 0.6) is 0 Å². The Kier molecular flexibility index (Phi) is 4.85. The smallest absolute Gasteiger partial charge is 0.286 e. The van der Waals surface area contributed by atoms with Gasteiger partial charge in [-0.25, -0.2) is 0 Å². The second kappa shape index (κ2) is 7.54. The average molecular weight is 424 g/mol. The number of amides is 1. The van der Waals surface area contributed by atoms with Crippen LogP contribution in [0.3, 0.4) is 0 Å². The third-order valence-corrected chi connectivity index (χ3v) is 7.62. The number of hydrogen-bond donors (Lipinski definition) is 1. The van der Waals surface area contributed by atoms with Crippen molar-refractivity contribution in [3.05, 3.63) is 59.2 Å². The summed E-state index contributed by atoms with van der Waals surface area (Å²) in [5, 5.41) is 3.11. The minimum absolute atomic E-state index is 0.0506. The molecule has 0 unspecified atom stereocenters. The Morgan fingerprint density at radius 3 is 2.80 bits per heavy atom. The van der Waals surface area contributed by atoms with E-state index in [-0.39, 0.29) is 16.8 Å². The van der Waals surface area contributed by atoms with E-state index in [1.54, 1.807) is 12.1 Å². The molecular weight excluding hydrogens is 398 g/mol. The van der Waals surface area contributed by atoms with Crippen LogP contribution in [-0.2, 0) is 16.4 Å². The summed E-state index contributed by atoms with van der Waals surface area (Å²) in [6.07, 6.45) is 6.61. The predicted molar refractivity (Wildman–Crippen MR) is 116 cm³/mol. The molecule has 2 aromatic rings. The minimum Gasteiger partial charge on any atom is -0.345 e. The van der Waals surface area contributed by atoms with E-state index in [1.807, 2.05) is 17.0 Å². The molecule has 1 atom stereocenters. The van der Waals surface area contributed by atoms with Gasteiger partial charge < -0.3 is 10.2 Å². The fraction of sp³-hybridized carbons (Fsp3) is 0.391. The maximum atomic E-state index is 13.0. The number of rotatable bonds is 2. The second-order valence-corrected chi connectivity index (χ2v) is 9.82. The van der Waals surface area contributed by atoms with Crippen molar-refractivity contribution in [3.63, 3.8) is 0 Å². The van der Waals surface area contributed by atoms with E-state index in [1.165, 1.54) is 11.6 Å². The average Bonchev–Trinajstić information content (AvgIpc) is 2.98. The first kappa shape index (κ1) is 19.3. The fourth-order valence-electron chi connectivity index (χ4n) is 4.77. The number of hydrogen-bond acceptors (Lipinski definition) is 4. The quantitative estimate of drug-likeness (QED) is 0.793. The van der Waals surface area contributed by atoms with Crippen molar-refractivity contribution in [2.24, 2.45) is 4.40 Å². The van der Waals surface area contributed by atoms with Gasteiger partial charge in [-0.1, -0.05) is 30.7 Å². The van der Waals surface area contributed by atoms with Crippen molar-refractivity contribution in [3.8, 4) is 0 Å². The Bertz CT molecular complexity index is 1140. The number of carbonyl (C=O) groups excluding carboxylic acids is 1. The number of fused-ring (bicyclic) bond motifs is 4. The second-order valence-electron chi connectivity index (χ2n) is 8.24. The summed E-state index contributed by atoms with van der Waals surface area (Å²) in [6, 6.07) is 13.1. The van der Waals surface area contributed by atoms with Gasteiger partial charge in [0.15, 0.2) is 0 Å². The van der Waals surface area contributed by atoms with Gasteiger partial charge in [0, 0.05) is 18.5 Å². The van der Waals surface area contributed by atoms with Crippen LogP contribution >= 0.6 is 0 Å². The van der Waals surface area contributed by atoms with Gasteiger partial charge in [-0.2, -0.15) is 8.42 Å². The highest BCUT2D eigenvalue weighted by atomic mass is 32.2. The van der Waals surface area contributed by atoms with Crippen LogP contribution in [0, 0.1) is 0 Å². The number of benzene rings is 2. The molecule has 1 saturated heterocycles. The summed E-state index contributed by atoms with van der Waals surface area (Å²) in [7, 11) is -3.80. The molecule has 1 fully saturated rings. The number of nitrogens with one attached hydrogen (secondary N) is 1. The minimum atomic E-state index is -3.80. The predicted octanol–water partition coefficient (Wildman–Crippen LogP) is 3.98. The Morgan fingerprint density at radius 2 is 1.90 bits per heavy atom. The van der Waals surface area contributed by atoms with Crippen molar-refractivity contribution < 1.29 is 13.2 Å². The monoisotopic (exact) mass is 423 g/mol. The molecule has 2 aromatic carbocycles. The van der Waals surface area contributed by atoms with Gasteiger partial charge in [-0.15, -0.1) is 4.40 Å². The van der Waals surface area contributed by atoms with Crippen molar-refractivity contribution in [1.29, 1.82) is 0 Å². The third kappa shape index (κ3) is 3.41. The standard InChI is InChI=1S/C23H25N3O3S/c27-23(24-19-10-6-8-16-7-3-4-9-18(16)19)17-12-13-20-21(15-17)30(28,29)25-22-11-2-1-5-14-26(20)22/h3-4,7,9,12-13,15,19H,1-2,5-6,8,10-11,14H2,(H,24,27)/t19-/m0/s1. The largest absolute Gasteiger partial charge is 0.345 e. The molecular formula is C23H25N3O3S. The van der Waals surface area contributed by atoms with Gasteiger partial charge in [0.2, 0.25) is 0 Å². The first-order valence-corrected chi connectivity index (χ1v) is 12.1. The van der Waals surface area contributed by atoms with Crippen LogP contribution in [0.25, 0.3) is 0 Å². The molecule has 156 valence electrons. The number of nitrogens with zero attached hydrogens (tertiary/aromatic N) is 2. The summed E-state index contributed by atoms with van der Waals surface area (Å²) in [6.45, 7) is 0.756. The molecule has 0 radical (unpaired) electrons. The molecule has 3 aliphatic rings. The first-order chi connectivity index (χ1) is 14.5. The Labute approximate surface area is 177 Å². The molecule has 5 rings (SSSR count). The molecule has 2 heterocycles. The van der Waals surface area contributed by atoms with Gasteiger partial charge >= 0.3 is 0 Å². The first-order valence-electron chi connectivity index (χ1n) is 10.7. The highest BCUT2D eigenvalue weighted by Gasteiger charge is 2.32. The lowest BCUT2D eigenvalue weighted by atomic mass is 9.87. The van der Waals surface area contributed by atoms with E-state index < -0.39 is 10.0 Å². The number of amidine groups is 1. The molecule has 1 amide bonds. The fourth-order valence-corrected chi connectivity index (χ4v) is 6.05. The van der Waals surface area contributed by atoms with E-state index >= 15 is 0 Å². The zero-order valence-electron chi connectivity index (χ0n) is 16.8. The lowest BCUT2D eigenvalue weighted by molar-refractivity contribution is 0.0932. The lowest BCUT2D eigenvalue weighted by Gasteiger charge is -2.30. The van der Waals surface area contributed by atoms with Crippen LogP contribution in [0.4, 0.5) is 5.69 Å². The molecule has 0 spiro atoms. The summed E-state index contributed by atoms with van der Waals surface area (Å²) in [5.74, 6) is 0.372. The van der Waals surface area contributed by atoms with Gasteiger partial charge in [0.05, 0.1) is 11.7 Å². The molecule has 7 heteroatoms. The molecule has 30 heavy (non-hydrogen) atoms. The van der Waals surface area contributed by atoms with Crippen LogP contribution in [0.1, 0.15) is 66.1 Å². The molecule has 1 N–H and O–H groups in total. The number of anilines is 1. The maximum absolute atomic E-state index is 13.0. The normalized spacial score (nSPS) is 22.1. The van der Waals surface area contributed by atoms with Gasteiger partial charge in [0.25, 0.3) is 15.9 Å². The van der Waals surface area contributed by atoms with E-state index in [4.69, 9.17) is 0 Å². The zero-order chi connectivity index (χ0) is 20.7. The van der Waals surface area contributed by atoms with Crippen LogP contribution < -0.4 is 10.2 Å². The van der Waals surface area contributed by atoms with Gasteiger partial charge in [-0.05, 0) is 61.4 Å². The van der Waals surface area contributed by atoms with Gasteiger partial charge in [0.1, 0.15) is 10.7 Å². The molecule has 0 aromatic heterocycles. The zero-order valence-corrected chi connectivity index (χ0v) is 17.6. The van der Waals surface area contributed by atoms with Crippen LogP contribution in [0.2, 0.25) is 0 Å². The van der Waals surface area contributed by atoms with Crippen LogP contribution in [0.15, 0.2) is 51.8 Å². The molecule has 2 aliphatic heterocycles. The molecule has 0 saturated carbocycles. The molecule has 0 bridgehead atoms. The van der Waals surface area contributed by atoms with Gasteiger partial charge in [-0.3, -0.25) is 4.79 Å². The van der Waals surface area contributed by atoms with Crippen molar-refractivity contribution in [2.45, 2.75) is 55.9 Å². The lowest BCUT2D eigenvalue weighted by Crippen LogP contribution is -2.36. The van der Waals surface area contributed by atoms with E-state index in [0.29, 0.717) is 23.5 Å². The van der Waals surface area contributed by atoms with E-state index in [0.717, 1.165) is 50.6 Å². The Morgan fingerprint density at radius 1 is 1.03 bits per heavy atom. The van der Waals surface area contributed by atoms with E-state index in [9.17, 15) is 13.2 Å². The summed E-state index contributed by atoms with van der Waals surface area (Å²) in [4.78, 5) is 15.1. The highest BCUT2D eigenvalue weighted by Crippen LogP contribution is 2.35. The number of sulfonamides is 1. The van der Waals surface area contributed by atoms with Crippen molar-refractivity contribution >= 4 is 27.5 Å². The van der Waals surface area contributed by atoms with E-state index in [2.05, 4.69) is 21.8 Å². The molecule has 6 nitrogen and oxygen atoms in total.